The zero-order chi connectivity index (χ0) is 21.6. The van der Waals surface area contributed by atoms with Gasteiger partial charge >= 0.3 is 0 Å². The smallest absolute Gasteiger partial charge is 0.271 e. The fraction of sp³-hybridized carbons (Fsp3) is 0.261. The summed E-state index contributed by atoms with van der Waals surface area (Å²) in [7, 11) is 0. The molecule has 8 heteroatoms. The Kier molecular flexibility index (Phi) is 6.96. The maximum atomic E-state index is 12.6. The van der Waals surface area contributed by atoms with E-state index in [1.807, 2.05) is 6.07 Å². The number of hydrogen-bond acceptors (Lipinski definition) is 5. The van der Waals surface area contributed by atoms with E-state index in [0.29, 0.717) is 21.4 Å². The second kappa shape index (κ2) is 10.0. The number of halogens is 1. The van der Waals surface area contributed by atoms with Crippen LogP contribution in [0.5, 0.6) is 0 Å². The molecule has 1 saturated heterocycles. The number of carbonyl (C=O) groups is 2. The van der Waals surface area contributed by atoms with Crippen LogP contribution in [-0.4, -0.2) is 40.8 Å². The molecule has 0 saturated carbocycles. The molecular weight excluding hydrogens is 432 g/mol. The molecule has 2 N–H and O–H groups in total. The molecule has 1 aliphatic rings. The Balaban J connectivity index is 1.25. The Labute approximate surface area is 190 Å². The average Bonchev–Trinajstić information content (AvgIpc) is 3.25. The summed E-state index contributed by atoms with van der Waals surface area (Å²) in [6, 6.07) is 17.1. The number of likely N-dealkylation sites (tertiary alicyclic amines) is 1. The van der Waals surface area contributed by atoms with Crippen molar-refractivity contribution < 1.29 is 9.59 Å². The number of thiazole rings is 1. The molecule has 4 rings (SSSR count). The molecule has 0 atom stereocenters. The van der Waals surface area contributed by atoms with Crippen LogP contribution in [0, 0.1) is 0 Å². The fourth-order valence-electron chi connectivity index (χ4n) is 3.54. The molecule has 160 valence electrons. The minimum absolute atomic E-state index is 0.133. The van der Waals surface area contributed by atoms with Crippen LogP contribution in [-0.2, 0) is 6.54 Å². The van der Waals surface area contributed by atoms with Gasteiger partial charge in [-0.1, -0.05) is 41.9 Å². The predicted octanol–water partition coefficient (Wildman–Crippen LogP) is 4.44. The van der Waals surface area contributed by atoms with Crippen molar-refractivity contribution in [2.45, 2.75) is 25.4 Å². The highest BCUT2D eigenvalue weighted by Gasteiger charge is 2.22. The molecule has 31 heavy (non-hydrogen) atoms. The second-order valence-corrected chi connectivity index (χ2v) is 8.80. The number of rotatable bonds is 6. The standard InChI is InChI=1S/C23H23ClN4O2S/c24-18-8-6-17(7-9-18)21(29)27-23-26-20(15-31-23)22(30)25-19-10-12-28(13-11-19)14-16-4-2-1-3-5-16/h1-9,15,19H,10-14H2,(H,25,30)(H,26,27,29). The van der Waals surface area contributed by atoms with Gasteiger partial charge in [-0.05, 0) is 42.7 Å². The first-order chi connectivity index (χ1) is 15.1. The van der Waals surface area contributed by atoms with Gasteiger partial charge in [0.15, 0.2) is 5.13 Å². The highest BCUT2D eigenvalue weighted by Crippen LogP contribution is 2.19. The van der Waals surface area contributed by atoms with Crippen LogP contribution in [0.25, 0.3) is 0 Å². The maximum Gasteiger partial charge on any atom is 0.271 e. The Bertz CT molecular complexity index is 1030. The number of piperidine rings is 1. The van der Waals surface area contributed by atoms with Gasteiger partial charge in [-0.25, -0.2) is 4.98 Å². The monoisotopic (exact) mass is 454 g/mol. The molecule has 1 aliphatic heterocycles. The summed E-state index contributed by atoms with van der Waals surface area (Å²) in [6.45, 7) is 2.82. The van der Waals surface area contributed by atoms with Crippen LogP contribution >= 0.6 is 22.9 Å². The highest BCUT2D eigenvalue weighted by atomic mass is 35.5. The lowest BCUT2D eigenvalue weighted by atomic mass is 10.0. The molecule has 2 heterocycles. The van der Waals surface area contributed by atoms with Gasteiger partial charge in [0.05, 0.1) is 0 Å². The zero-order valence-electron chi connectivity index (χ0n) is 16.9. The average molecular weight is 455 g/mol. The molecule has 0 spiro atoms. The fourth-order valence-corrected chi connectivity index (χ4v) is 4.35. The van der Waals surface area contributed by atoms with E-state index in [4.69, 9.17) is 11.6 Å². The van der Waals surface area contributed by atoms with Crippen LogP contribution in [0.4, 0.5) is 5.13 Å². The summed E-state index contributed by atoms with van der Waals surface area (Å²) in [5, 5.41) is 8.42. The van der Waals surface area contributed by atoms with Crippen LogP contribution in [0.2, 0.25) is 5.02 Å². The van der Waals surface area contributed by atoms with Gasteiger partial charge in [-0.2, -0.15) is 0 Å². The van der Waals surface area contributed by atoms with E-state index < -0.39 is 0 Å². The van der Waals surface area contributed by atoms with E-state index >= 15 is 0 Å². The van der Waals surface area contributed by atoms with Crippen molar-refractivity contribution in [3.8, 4) is 0 Å². The normalized spacial score (nSPS) is 14.9. The van der Waals surface area contributed by atoms with Crippen molar-refractivity contribution in [3.63, 3.8) is 0 Å². The van der Waals surface area contributed by atoms with Gasteiger partial charge in [0.25, 0.3) is 11.8 Å². The maximum absolute atomic E-state index is 12.6. The van der Waals surface area contributed by atoms with Crippen LogP contribution in [0.3, 0.4) is 0 Å². The van der Waals surface area contributed by atoms with Crippen molar-refractivity contribution in [1.29, 1.82) is 0 Å². The molecular formula is C23H23ClN4O2S. The minimum Gasteiger partial charge on any atom is -0.348 e. The van der Waals surface area contributed by atoms with E-state index in [2.05, 4.69) is 44.8 Å². The number of amides is 2. The summed E-state index contributed by atoms with van der Waals surface area (Å²) in [4.78, 5) is 31.6. The Morgan fingerprint density at radius 1 is 1.03 bits per heavy atom. The number of carbonyl (C=O) groups excluding carboxylic acids is 2. The largest absolute Gasteiger partial charge is 0.348 e. The molecule has 0 bridgehead atoms. The lowest BCUT2D eigenvalue weighted by Crippen LogP contribution is -2.44. The van der Waals surface area contributed by atoms with Crippen molar-refractivity contribution in [1.82, 2.24) is 15.2 Å². The molecule has 6 nitrogen and oxygen atoms in total. The number of anilines is 1. The molecule has 0 unspecified atom stereocenters. The molecule has 2 amide bonds. The topological polar surface area (TPSA) is 74.3 Å². The van der Waals surface area contributed by atoms with E-state index in [9.17, 15) is 9.59 Å². The van der Waals surface area contributed by atoms with Crippen molar-refractivity contribution in [3.05, 3.63) is 81.8 Å². The Hall–Kier alpha value is -2.74. The Morgan fingerprint density at radius 2 is 1.74 bits per heavy atom. The van der Waals surface area contributed by atoms with Gasteiger partial charge in [-0.3, -0.25) is 19.8 Å². The van der Waals surface area contributed by atoms with Crippen molar-refractivity contribution in [2.24, 2.45) is 0 Å². The number of benzene rings is 2. The first-order valence-corrected chi connectivity index (χ1v) is 11.4. The number of nitrogens with zero attached hydrogens (tertiary/aromatic N) is 2. The molecule has 0 aliphatic carbocycles. The third-order valence-corrected chi connectivity index (χ3v) is 6.25. The summed E-state index contributed by atoms with van der Waals surface area (Å²) in [5.41, 5.74) is 2.11. The van der Waals surface area contributed by atoms with E-state index in [1.165, 1.54) is 16.9 Å². The van der Waals surface area contributed by atoms with Crippen molar-refractivity contribution >= 4 is 39.9 Å². The number of nitrogens with one attached hydrogen (secondary N) is 2. The molecule has 1 aromatic heterocycles. The summed E-state index contributed by atoms with van der Waals surface area (Å²) in [6.07, 6.45) is 1.81. The van der Waals surface area contributed by atoms with Gasteiger partial charge in [0, 0.05) is 41.6 Å². The van der Waals surface area contributed by atoms with Crippen LogP contribution < -0.4 is 10.6 Å². The SMILES string of the molecule is O=C(Nc1nc(C(=O)NC2CCN(Cc3ccccc3)CC2)cs1)c1ccc(Cl)cc1. The van der Waals surface area contributed by atoms with E-state index in [0.717, 1.165) is 32.5 Å². The predicted molar refractivity (Wildman–Crippen MR) is 124 cm³/mol. The minimum atomic E-state index is -0.288. The molecule has 2 aromatic carbocycles. The van der Waals surface area contributed by atoms with Crippen LogP contribution in [0.1, 0.15) is 39.3 Å². The first-order valence-electron chi connectivity index (χ1n) is 10.2. The summed E-state index contributed by atoms with van der Waals surface area (Å²) >= 11 is 7.08. The Morgan fingerprint density at radius 3 is 2.45 bits per heavy atom. The molecule has 3 aromatic rings. The summed E-state index contributed by atoms with van der Waals surface area (Å²) in [5.74, 6) is -0.492. The van der Waals surface area contributed by atoms with Gasteiger partial charge < -0.3 is 5.32 Å². The quantitative estimate of drug-likeness (QED) is 0.577. The lowest BCUT2D eigenvalue weighted by Gasteiger charge is -2.32. The number of aromatic nitrogens is 1. The first kappa shape index (κ1) is 21.5. The van der Waals surface area contributed by atoms with Gasteiger partial charge in [0.2, 0.25) is 0 Å². The zero-order valence-corrected chi connectivity index (χ0v) is 18.5. The third-order valence-electron chi connectivity index (χ3n) is 5.24. The third kappa shape index (κ3) is 5.91. The van der Waals surface area contributed by atoms with E-state index in [-0.39, 0.29) is 17.9 Å². The highest BCUT2D eigenvalue weighted by molar-refractivity contribution is 7.14. The van der Waals surface area contributed by atoms with Gasteiger partial charge in [-0.15, -0.1) is 11.3 Å². The number of hydrogen-bond donors (Lipinski definition) is 2. The van der Waals surface area contributed by atoms with E-state index in [1.54, 1.807) is 29.6 Å². The van der Waals surface area contributed by atoms with Crippen molar-refractivity contribution in [2.75, 3.05) is 18.4 Å². The lowest BCUT2D eigenvalue weighted by molar-refractivity contribution is 0.0903. The summed E-state index contributed by atoms with van der Waals surface area (Å²) < 4.78 is 0. The molecule has 1 fully saturated rings. The van der Waals surface area contributed by atoms with Gasteiger partial charge in [0.1, 0.15) is 5.69 Å². The molecule has 0 radical (unpaired) electrons. The second-order valence-electron chi connectivity index (χ2n) is 7.51. The van der Waals surface area contributed by atoms with Crippen LogP contribution in [0.15, 0.2) is 60.0 Å².